The van der Waals surface area contributed by atoms with Gasteiger partial charge < -0.3 is 10.1 Å². The molecule has 6 nitrogen and oxygen atoms in total. The van der Waals surface area contributed by atoms with E-state index >= 15 is 0 Å². The van der Waals surface area contributed by atoms with Crippen molar-refractivity contribution in [3.8, 4) is 0 Å². The third-order valence-corrected chi connectivity index (χ3v) is 3.65. The smallest absolute Gasteiger partial charge is 0.246 e. The molecule has 1 N–H and O–H groups in total. The highest BCUT2D eigenvalue weighted by molar-refractivity contribution is 7.88. The zero-order chi connectivity index (χ0) is 14.2. The number of rotatable bonds is 9. The van der Waals surface area contributed by atoms with Crippen molar-refractivity contribution in [2.24, 2.45) is 0 Å². The fourth-order valence-corrected chi connectivity index (χ4v) is 2.26. The van der Waals surface area contributed by atoms with Gasteiger partial charge in [0, 0.05) is 19.6 Å². The fraction of sp³-hybridized carbons (Fsp3) is 0.909. The topological polar surface area (TPSA) is 75.7 Å². The number of carbonyl (C=O) groups excluding carboxylic acids is 1. The molecule has 1 amide bonds. The Morgan fingerprint density at radius 1 is 1.39 bits per heavy atom. The van der Waals surface area contributed by atoms with E-state index in [1.807, 2.05) is 13.8 Å². The second-order valence-electron chi connectivity index (χ2n) is 4.32. The number of nitrogens with one attached hydrogen (secondary N) is 1. The third-order valence-electron chi connectivity index (χ3n) is 2.28. The van der Waals surface area contributed by atoms with Crippen LogP contribution in [0.3, 0.4) is 0 Å². The van der Waals surface area contributed by atoms with Crippen molar-refractivity contribution in [3.63, 3.8) is 0 Å². The number of hydrogen-bond acceptors (Lipinski definition) is 4. The van der Waals surface area contributed by atoms with Crippen LogP contribution >= 0.6 is 0 Å². The fourth-order valence-electron chi connectivity index (χ4n) is 1.34. The van der Waals surface area contributed by atoms with E-state index in [4.69, 9.17) is 4.74 Å². The number of amides is 1. The molecular formula is C11H24N2O4S. The third kappa shape index (κ3) is 8.43. The summed E-state index contributed by atoms with van der Waals surface area (Å²) in [7, 11) is -3.14. The standard InChI is InChI=1S/C11H24N2O4S/c1-5-13(18(4,15)16)8-6-7-12-11(14)9-17-10(2)3/h10H,5-9H2,1-4H3,(H,12,14). The van der Waals surface area contributed by atoms with E-state index in [9.17, 15) is 13.2 Å². The van der Waals surface area contributed by atoms with Gasteiger partial charge in [-0.05, 0) is 20.3 Å². The highest BCUT2D eigenvalue weighted by Gasteiger charge is 2.13. The normalized spacial score (nSPS) is 12.1. The lowest BCUT2D eigenvalue weighted by Gasteiger charge is -2.17. The first-order valence-corrected chi connectivity index (χ1v) is 7.95. The molecule has 18 heavy (non-hydrogen) atoms. The predicted octanol–water partition coefficient (Wildman–Crippen LogP) is 0.199. The summed E-state index contributed by atoms with van der Waals surface area (Å²) in [6.07, 6.45) is 1.80. The van der Waals surface area contributed by atoms with Crippen LogP contribution in [0.15, 0.2) is 0 Å². The molecule has 0 saturated heterocycles. The molecule has 0 aromatic rings. The molecule has 0 radical (unpaired) electrons. The van der Waals surface area contributed by atoms with Crippen LogP contribution in [0, 0.1) is 0 Å². The van der Waals surface area contributed by atoms with Gasteiger partial charge in [0.15, 0.2) is 0 Å². The molecule has 0 saturated carbocycles. The molecule has 0 aliphatic carbocycles. The van der Waals surface area contributed by atoms with Gasteiger partial charge in [0.1, 0.15) is 6.61 Å². The van der Waals surface area contributed by atoms with E-state index in [1.165, 1.54) is 10.6 Å². The number of carbonyl (C=O) groups is 1. The quantitative estimate of drug-likeness (QED) is 0.612. The summed E-state index contributed by atoms with van der Waals surface area (Å²) in [5.41, 5.74) is 0. The number of ether oxygens (including phenoxy) is 1. The van der Waals surface area contributed by atoms with Crippen molar-refractivity contribution < 1.29 is 17.9 Å². The highest BCUT2D eigenvalue weighted by atomic mass is 32.2. The van der Waals surface area contributed by atoms with Gasteiger partial charge in [-0.15, -0.1) is 0 Å². The van der Waals surface area contributed by atoms with Gasteiger partial charge in [-0.2, -0.15) is 0 Å². The van der Waals surface area contributed by atoms with Crippen LogP contribution in [-0.4, -0.2) is 57.2 Å². The number of sulfonamides is 1. The van der Waals surface area contributed by atoms with Crippen molar-refractivity contribution in [1.29, 1.82) is 0 Å². The zero-order valence-corrected chi connectivity index (χ0v) is 12.4. The van der Waals surface area contributed by atoms with E-state index in [-0.39, 0.29) is 18.6 Å². The van der Waals surface area contributed by atoms with Crippen LogP contribution in [0.2, 0.25) is 0 Å². The van der Waals surface area contributed by atoms with Crippen LogP contribution in [-0.2, 0) is 19.6 Å². The van der Waals surface area contributed by atoms with Crippen molar-refractivity contribution in [3.05, 3.63) is 0 Å². The van der Waals surface area contributed by atoms with Crippen LogP contribution in [0.1, 0.15) is 27.2 Å². The van der Waals surface area contributed by atoms with Crippen molar-refractivity contribution in [2.45, 2.75) is 33.3 Å². The Morgan fingerprint density at radius 3 is 2.44 bits per heavy atom. The molecule has 0 atom stereocenters. The molecule has 108 valence electrons. The number of nitrogens with zero attached hydrogens (tertiary/aromatic N) is 1. The Hall–Kier alpha value is -0.660. The van der Waals surface area contributed by atoms with Crippen LogP contribution < -0.4 is 5.32 Å². The van der Waals surface area contributed by atoms with Gasteiger partial charge in [0.05, 0.1) is 12.4 Å². The Kier molecular flexibility index (Phi) is 8.13. The maximum absolute atomic E-state index is 11.3. The Labute approximate surface area is 110 Å². The monoisotopic (exact) mass is 280 g/mol. The summed E-state index contributed by atoms with van der Waals surface area (Å²) in [4.78, 5) is 11.3. The lowest BCUT2D eigenvalue weighted by molar-refractivity contribution is -0.127. The maximum Gasteiger partial charge on any atom is 0.246 e. The Morgan fingerprint density at radius 2 is 2.00 bits per heavy atom. The van der Waals surface area contributed by atoms with E-state index in [0.29, 0.717) is 26.1 Å². The summed E-state index contributed by atoms with van der Waals surface area (Å²) < 4.78 is 29.1. The van der Waals surface area contributed by atoms with Crippen molar-refractivity contribution in [2.75, 3.05) is 32.5 Å². The highest BCUT2D eigenvalue weighted by Crippen LogP contribution is 1.98. The lowest BCUT2D eigenvalue weighted by Crippen LogP contribution is -2.34. The lowest BCUT2D eigenvalue weighted by atomic mass is 10.4. The van der Waals surface area contributed by atoms with Crippen LogP contribution in [0.25, 0.3) is 0 Å². The number of hydrogen-bond donors (Lipinski definition) is 1. The molecule has 0 bridgehead atoms. The van der Waals surface area contributed by atoms with E-state index < -0.39 is 10.0 Å². The summed E-state index contributed by atoms with van der Waals surface area (Å²) in [5, 5.41) is 2.68. The molecule has 0 aliphatic heterocycles. The van der Waals surface area contributed by atoms with Gasteiger partial charge in [0.2, 0.25) is 15.9 Å². The van der Waals surface area contributed by atoms with Gasteiger partial charge >= 0.3 is 0 Å². The van der Waals surface area contributed by atoms with Gasteiger partial charge in [-0.1, -0.05) is 6.92 Å². The first-order valence-electron chi connectivity index (χ1n) is 6.10. The minimum atomic E-state index is -3.14. The average Bonchev–Trinajstić information content (AvgIpc) is 2.24. The van der Waals surface area contributed by atoms with Gasteiger partial charge in [-0.3, -0.25) is 4.79 Å². The van der Waals surface area contributed by atoms with Gasteiger partial charge in [-0.25, -0.2) is 12.7 Å². The van der Waals surface area contributed by atoms with E-state index in [1.54, 1.807) is 6.92 Å². The minimum absolute atomic E-state index is 0.0246. The summed E-state index contributed by atoms with van der Waals surface area (Å²) >= 11 is 0. The maximum atomic E-state index is 11.3. The summed E-state index contributed by atoms with van der Waals surface area (Å²) in [5.74, 6) is -0.175. The minimum Gasteiger partial charge on any atom is -0.369 e. The molecule has 0 aromatic carbocycles. The summed E-state index contributed by atoms with van der Waals surface area (Å²) in [6.45, 7) is 6.87. The molecule has 0 rings (SSSR count). The molecule has 0 aliphatic rings. The van der Waals surface area contributed by atoms with E-state index in [2.05, 4.69) is 5.32 Å². The first-order chi connectivity index (χ1) is 8.27. The molecule has 0 aromatic heterocycles. The molecule has 0 unspecified atom stereocenters. The second kappa shape index (κ2) is 8.44. The predicted molar refractivity (Wildman–Crippen MR) is 70.8 cm³/mol. The molecule has 0 fully saturated rings. The van der Waals surface area contributed by atoms with E-state index in [0.717, 1.165) is 0 Å². The van der Waals surface area contributed by atoms with Crippen LogP contribution in [0.5, 0.6) is 0 Å². The van der Waals surface area contributed by atoms with Crippen molar-refractivity contribution >= 4 is 15.9 Å². The van der Waals surface area contributed by atoms with Crippen molar-refractivity contribution in [1.82, 2.24) is 9.62 Å². The molecule has 7 heteroatoms. The average molecular weight is 280 g/mol. The summed E-state index contributed by atoms with van der Waals surface area (Å²) in [6, 6.07) is 0. The second-order valence-corrected chi connectivity index (χ2v) is 6.30. The first kappa shape index (κ1) is 17.3. The van der Waals surface area contributed by atoms with Gasteiger partial charge in [0.25, 0.3) is 0 Å². The Bertz CT molecular complexity index is 341. The SMILES string of the molecule is CCN(CCCNC(=O)COC(C)C)S(C)(=O)=O. The Balaban J connectivity index is 3.76. The zero-order valence-electron chi connectivity index (χ0n) is 11.6. The molecule has 0 spiro atoms. The largest absolute Gasteiger partial charge is 0.369 e. The molecular weight excluding hydrogens is 256 g/mol. The molecule has 0 heterocycles. The van der Waals surface area contributed by atoms with Crippen LogP contribution in [0.4, 0.5) is 0 Å².